The predicted octanol–water partition coefficient (Wildman–Crippen LogP) is 2.16. The molecule has 0 radical (unpaired) electrons. The summed E-state index contributed by atoms with van der Waals surface area (Å²) in [6.07, 6.45) is 3.60. The number of nitrogens with zero attached hydrogens (tertiary/aromatic N) is 4. The molecule has 8 heteroatoms. The minimum atomic E-state index is -0.478. The van der Waals surface area contributed by atoms with Crippen molar-refractivity contribution in [1.82, 2.24) is 18.9 Å². The van der Waals surface area contributed by atoms with Crippen LogP contribution in [0.2, 0.25) is 0 Å². The van der Waals surface area contributed by atoms with Gasteiger partial charge in [0.25, 0.3) is 5.56 Å². The van der Waals surface area contributed by atoms with Crippen LogP contribution >= 0.6 is 0 Å². The second-order valence-electron chi connectivity index (χ2n) is 8.96. The molecule has 0 aliphatic carbocycles. The monoisotopic (exact) mass is 460 g/mol. The van der Waals surface area contributed by atoms with Gasteiger partial charge in [0.15, 0.2) is 0 Å². The van der Waals surface area contributed by atoms with E-state index < -0.39 is 11.7 Å². The molecule has 2 aromatic carbocycles. The van der Waals surface area contributed by atoms with Crippen molar-refractivity contribution in [2.75, 3.05) is 19.6 Å². The maximum Gasteiger partial charge on any atom is 0.336 e. The van der Waals surface area contributed by atoms with Gasteiger partial charge in [-0.05, 0) is 49.9 Å². The van der Waals surface area contributed by atoms with E-state index in [4.69, 9.17) is 0 Å². The summed E-state index contributed by atoms with van der Waals surface area (Å²) in [6, 6.07) is 15.4. The van der Waals surface area contributed by atoms with Crippen LogP contribution in [0, 0.1) is 0 Å². The zero-order valence-corrected chi connectivity index (χ0v) is 19.1. The first kappa shape index (κ1) is 22.1. The molecule has 3 aromatic rings. The lowest BCUT2D eigenvalue weighted by Gasteiger charge is -2.28. The van der Waals surface area contributed by atoms with Crippen LogP contribution in [0.3, 0.4) is 0 Å². The van der Waals surface area contributed by atoms with Gasteiger partial charge in [-0.2, -0.15) is 0 Å². The lowest BCUT2D eigenvalue weighted by atomic mass is 10.2. The number of aryl methyl sites for hydroxylation is 1. The summed E-state index contributed by atoms with van der Waals surface area (Å²) in [5.74, 6) is -0.0907. The molecule has 1 aromatic heterocycles. The number of carbonyl (C=O) groups is 2. The second-order valence-corrected chi connectivity index (χ2v) is 8.96. The van der Waals surface area contributed by atoms with E-state index in [0.717, 1.165) is 36.9 Å². The first-order valence-corrected chi connectivity index (χ1v) is 11.9. The number of hydrogen-bond donors (Lipinski definition) is 0. The van der Waals surface area contributed by atoms with Gasteiger partial charge in [-0.3, -0.25) is 19.0 Å². The van der Waals surface area contributed by atoms with Crippen LogP contribution in [0.25, 0.3) is 16.6 Å². The standard InChI is InChI=1S/C26H28N4O4/c31-23(28-17-8-13-22(28)25(33)27-15-6-7-16-27)14-18-29-21-12-5-4-11-20(21)24(32)30(26(29)34)19-9-2-1-3-10-19/h1-5,9-12,22H,6-8,13-18H2/t22-/m0/s1. The number of para-hydroxylation sites is 2. The quantitative estimate of drug-likeness (QED) is 0.584. The van der Waals surface area contributed by atoms with Gasteiger partial charge in [0.1, 0.15) is 6.04 Å². The Morgan fingerprint density at radius 3 is 2.32 bits per heavy atom. The molecule has 0 bridgehead atoms. The summed E-state index contributed by atoms with van der Waals surface area (Å²) in [6.45, 7) is 2.22. The molecule has 0 unspecified atom stereocenters. The Kier molecular flexibility index (Phi) is 6.04. The molecule has 2 amide bonds. The van der Waals surface area contributed by atoms with Gasteiger partial charge >= 0.3 is 5.69 Å². The van der Waals surface area contributed by atoms with Gasteiger partial charge in [-0.25, -0.2) is 9.36 Å². The molecule has 2 saturated heterocycles. The van der Waals surface area contributed by atoms with Gasteiger partial charge in [0.05, 0.1) is 16.6 Å². The van der Waals surface area contributed by atoms with Gasteiger partial charge in [-0.1, -0.05) is 30.3 Å². The Hall–Kier alpha value is -3.68. The van der Waals surface area contributed by atoms with Crippen LogP contribution in [0.1, 0.15) is 32.1 Å². The molecule has 0 N–H and O–H groups in total. The highest BCUT2D eigenvalue weighted by Gasteiger charge is 2.37. The van der Waals surface area contributed by atoms with Crippen LogP contribution in [-0.4, -0.2) is 56.4 Å². The highest BCUT2D eigenvalue weighted by molar-refractivity contribution is 5.88. The lowest BCUT2D eigenvalue weighted by molar-refractivity contribution is -0.143. The van der Waals surface area contributed by atoms with E-state index in [1.54, 1.807) is 53.4 Å². The van der Waals surface area contributed by atoms with Crippen molar-refractivity contribution in [2.45, 2.75) is 44.7 Å². The molecule has 34 heavy (non-hydrogen) atoms. The van der Waals surface area contributed by atoms with Gasteiger partial charge < -0.3 is 9.80 Å². The van der Waals surface area contributed by atoms with Crippen molar-refractivity contribution in [3.63, 3.8) is 0 Å². The fourth-order valence-corrected chi connectivity index (χ4v) is 5.16. The molecule has 5 rings (SSSR count). The Morgan fingerprint density at radius 2 is 1.56 bits per heavy atom. The third-order valence-corrected chi connectivity index (χ3v) is 6.89. The fourth-order valence-electron chi connectivity index (χ4n) is 5.16. The van der Waals surface area contributed by atoms with Crippen molar-refractivity contribution in [3.05, 3.63) is 75.4 Å². The summed E-state index contributed by atoms with van der Waals surface area (Å²) < 4.78 is 2.65. The summed E-state index contributed by atoms with van der Waals surface area (Å²) in [5.41, 5.74) is 0.127. The van der Waals surface area contributed by atoms with E-state index in [-0.39, 0.29) is 30.3 Å². The average Bonchev–Trinajstić information content (AvgIpc) is 3.57. The number of fused-ring (bicyclic) bond motifs is 1. The number of aromatic nitrogens is 2. The highest BCUT2D eigenvalue weighted by Crippen LogP contribution is 2.23. The van der Waals surface area contributed by atoms with E-state index in [9.17, 15) is 19.2 Å². The first-order chi connectivity index (χ1) is 16.6. The molecule has 0 saturated carbocycles. The minimum absolute atomic E-state index is 0.0450. The van der Waals surface area contributed by atoms with Gasteiger partial charge in [-0.15, -0.1) is 0 Å². The Bertz CT molecular complexity index is 1340. The molecule has 1 atom stereocenters. The average molecular weight is 461 g/mol. The van der Waals surface area contributed by atoms with Crippen LogP contribution in [0.4, 0.5) is 0 Å². The molecule has 2 fully saturated rings. The number of benzene rings is 2. The molecule has 176 valence electrons. The van der Waals surface area contributed by atoms with E-state index in [2.05, 4.69) is 0 Å². The number of amides is 2. The summed E-state index contributed by atoms with van der Waals surface area (Å²) >= 11 is 0. The van der Waals surface area contributed by atoms with Crippen LogP contribution in [0.5, 0.6) is 0 Å². The third kappa shape index (κ3) is 3.93. The summed E-state index contributed by atoms with van der Waals surface area (Å²) in [7, 11) is 0. The van der Waals surface area contributed by atoms with Crippen molar-refractivity contribution < 1.29 is 9.59 Å². The highest BCUT2D eigenvalue weighted by atomic mass is 16.2. The lowest BCUT2D eigenvalue weighted by Crippen LogP contribution is -2.47. The molecule has 2 aliphatic heterocycles. The first-order valence-electron chi connectivity index (χ1n) is 11.9. The molecule has 2 aliphatic rings. The SMILES string of the molecule is O=C([C@@H]1CCCN1C(=O)CCn1c(=O)n(-c2ccccc2)c(=O)c2ccccc21)N1CCCC1. The normalized spacial score (nSPS) is 18.1. The molecule has 0 spiro atoms. The number of rotatable bonds is 5. The smallest absolute Gasteiger partial charge is 0.336 e. The number of hydrogen-bond acceptors (Lipinski definition) is 4. The number of carbonyl (C=O) groups excluding carboxylic acids is 2. The predicted molar refractivity (Wildman–Crippen MR) is 129 cm³/mol. The Balaban J connectivity index is 1.44. The number of likely N-dealkylation sites (tertiary alicyclic amines) is 2. The molecular formula is C26H28N4O4. The molecule has 3 heterocycles. The van der Waals surface area contributed by atoms with Crippen molar-refractivity contribution in [1.29, 1.82) is 0 Å². The van der Waals surface area contributed by atoms with Crippen molar-refractivity contribution >= 4 is 22.7 Å². The van der Waals surface area contributed by atoms with Crippen molar-refractivity contribution in [3.8, 4) is 5.69 Å². The minimum Gasteiger partial charge on any atom is -0.341 e. The van der Waals surface area contributed by atoms with Crippen LogP contribution < -0.4 is 11.2 Å². The van der Waals surface area contributed by atoms with Crippen LogP contribution in [0.15, 0.2) is 64.2 Å². The van der Waals surface area contributed by atoms with E-state index >= 15 is 0 Å². The van der Waals surface area contributed by atoms with Crippen LogP contribution in [-0.2, 0) is 16.1 Å². The second kappa shape index (κ2) is 9.29. The van der Waals surface area contributed by atoms with E-state index in [0.29, 0.717) is 29.6 Å². The zero-order chi connectivity index (χ0) is 23.7. The largest absolute Gasteiger partial charge is 0.341 e. The zero-order valence-electron chi connectivity index (χ0n) is 19.1. The topological polar surface area (TPSA) is 84.6 Å². The van der Waals surface area contributed by atoms with E-state index in [1.165, 1.54) is 4.57 Å². The van der Waals surface area contributed by atoms with E-state index in [1.807, 2.05) is 11.0 Å². The maximum atomic E-state index is 13.4. The molecular weight excluding hydrogens is 432 g/mol. The third-order valence-electron chi connectivity index (χ3n) is 6.89. The van der Waals surface area contributed by atoms with Gasteiger partial charge in [0, 0.05) is 32.6 Å². The maximum absolute atomic E-state index is 13.4. The fraction of sp³-hybridized carbons (Fsp3) is 0.385. The summed E-state index contributed by atoms with van der Waals surface area (Å²) in [4.78, 5) is 56.2. The Morgan fingerprint density at radius 1 is 0.853 bits per heavy atom. The Labute approximate surface area is 197 Å². The van der Waals surface area contributed by atoms with Crippen molar-refractivity contribution in [2.24, 2.45) is 0 Å². The molecule has 8 nitrogen and oxygen atoms in total. The summed E-state index contributed by atoms with van der Waals surface area (Å²) in [5, 5.41) is 0.418. The van der Waals surface area contributed by atoms with Gasteiger partial charge in [0.2, 0.25) is 11.8 Å².